The van der Waals surface area contributed by atoms with Crippen molar-refractivity contribution in [2.24, 2.45) is 0 Å². The van der Waals surface area contributed by atoms with Crippen molar-refractivity contribution in [2.45, 2.75) is 51.2 Å². The summed E-state index contributed by atoms with van der Waals surface area (Å²) in [6.45, 7) is 1.44. The third-order valence-corrected chi connectivity index (χ3v) is 8.55. The first-order valence-corrected chi connectivity index (χ1v) is 13.9. The van der Waals surface area contributed by atoms with Gasteiger partial charge in [-0.25, -0.2) is 4.31 Å². The zero-order valence-corrected chi connectivity index (χ0v) is 22.8. The highest BCUT2D eigenvalue weighted by Crippen LogP contribution is 2.22. The zero-order chi connectivity index (χ0) is 25.6. The largest absolute Gasteiger partial charge is 0.352 e. The number of para-hydroxylation sites is 1. The topological polar surface area (TPSA) is 90.0 Å². The molecule has 1 aliphatic rings. The molecule has 35 heavy (non-hydrogen) atoms. The molecule has 0 radical (unpaired) electrons. The molecule has 2 aromatic carbocycles. The Hall–Kier alpha value is -2.43. The van der Waals surface area contributed by atoms with Crippen molar-refractivity contribution in [1.82, 2.24) is 14.5 Å². The second kappa shape index (κ2) is 12.0. The van der Waals surface area contributed by atoms with E-state index in [-0.39, 0.29) is 18.5 Å². The summed E-state index contributed by atoms with van der Waals surface area (Å²) in [5.74, 6) is -0.694. The SMILES string of the molecule is C[C@H](C(=O)NC1CCCC1)N(Cc1ccc(Br)cc1)C(=O)CN(c1ccccc1)S(=O)(=O)N(C)C. The van der Waals surface area contributed by atoms with Crippen LogP contribution in [0.1, 0.15) is 38.2 Å². The molecule has 10 heteroatoms. The van der Waals surface area contributed by atoms with E-state index in [4.69, 9.17) is 0 Å². The molecule has 0 spiro atoms. The Morgan fingerprint density at radius 2 is 1.63 bits per heavy atom. The fourth-order valence-electron chi connectivity index (χ4n) is 4.07. The smallest absolute Gasteiger partial charge is 0.304 e. The number of benzene rings is 2. The molecule has 1 atom stereocenters. The van der Waals surface area contributed by atoms with Crippen molar-refractivity contribution in [3.63, 3.8) is 0 Å². The molecule has 1 N–H and O–H groups in total. The van der Waals surface area contributed by atoms with Gasteiger partial charge in [-0.05, 0) is 49.6 Å². The molecule has 0 heterocycles. The lowest BCUT2D eigenvalue weighted by molar-refractivity contribution is -0.139. The van der Waals surface area contributed by atoms with E-state index < -0.39 is 28.7 Å². The van der Waals surface area contributed by atoms with E-state index >= 15 is 0 Å². The maximum Gasteiger partial charge on any atom is 0.304 e. The van der Waals surface area contributed by atoms with Crippen LogP contribution in [0.5, 0.6) is 0 Å². The molecule has 2 amide bonds. The standard InChI is InChI=1S/C25H33BrN4O4S/c1-19(25(32)27-22-9-7-8-10-22)29(17-20-13-15-21(26)16-14-20)24(31)18-30(35(33,34)28(2)3)23-11-5-4-6-12-23/h4-6,11-16,19,22H,7-10,17-18H2,1-3H3,(H,27,32)/t19-/m1/s1. The van der Waals surface area contributed by atoms with Gasteiger partial charge >= 0.3 is 10.2 Å². The van der Waals surface area contributed by atoms with Crippen LogP contribution in [0.4, 0.5) is 5.69 Å². The number of carbonyl (C=O) groups is 2. The van der Waals surface area contributed by atoms with Crippen LogP contribution in [0.15, 0.2) is 59.1 Å². The van der Waals surface area contributed by atoms with Crippen LogP contribution in [0, 0.1) is 0 Å². The average molecular weight is 566 g/mol. The number of rotatable bonds is 10. The molecule has 0 aliphatic heterocycles. The van der Waals surface area contributed by atoms with E-state index in [2.05, 4.69) is 21.2 Å². The van der Waals surface area contributed by atoms with Crippen molar-refractivity contribution in [3.8, 4) is 0 Å². The normalized spacial score (nSPS) is 15.1. The molecule has 0 bridgehead atoms. The van der Waals surface area contributed by atoms with E-state index in [0.717, 1.165) is 44.3 Å². The number of anilines is 1. The monoisotopic (exact) mass is 564 g/mol. The molecule has 8 nitrogen and oxygen atoms in total. The summed E-state index contributed by atoms with van der Waals surface area (Å²) >= 11 is 3.41. The quantitative estimate of drug-likeness (QED) is 0.478. The van der Waals surface area contributed by atoms with Crippen LogP contribution >= 0.6 is 15.9 Å². The highest BCUT2D eigenvalue weighted by molar-refractivity contribution is 9.10. The maximum atomic E-state index is 13.7. The number of carbonyl (C=O) groups excluding carboxylic acids is 2. The fourth-order valence-corrected chi connectivity index (χ4v) is 5.39. The summed E-state index contributed by atoms with van der Waals surface area (Å²) in [6.07, 6.45) is 4.02. The van der Waals surface area contributed by atoms with E-state index in [1.807, 2.05) is 24.3 Å². The lowest BCUT2D eigenvalue weighted by Crippen LogP contribution is -2.53. The molecular weight excluding hydrogens is 532 g/mol. The van der Waals surface area contributed by atoms with E-state index in [0.29, 0.717) is 5.69 Å². The number of nitrogens with zero attached hydrogens (tertiary/aromatic N) is 3. The van der Waals surface area contributed by atoms with E-state index in [9.17, 15) is 18.0 Å². The van der Waals surface area contributed by atoms with Crippen LogP contribution in [0.25, 0.3) is 0 Å². The minimum absolute atomic E-state index is 0.115. The Morgan fingerprint density at radius 3 is 2.20 bits per heavy atom. The van der Waals surface area contributed by atoms with Crippen LogP contribution in [0.3, 0.4) is 0 Å². The van der Waals surface area contributed by atoms with Crippen LogP contribution in [-0.4, -0.2) is 62.2 Å². The molecule has 0 aromatic heterocycles. The Kier molecular flexibility index (Phi) is 9.32. The molecule has 1 aliphatic carbocycles. The number of halogens is 1. The van der Waals surface area contributed by atoms with Gasteiger partial charge in [0.05, 0.1) is 5.69 Å². The van der Waals surface area contributed by atoms with Crippen molar-refractivity contribution in [3.05, 3.63) is 64.6 Å². The van der Waals surface area contributed by atoms with Gasteiger partial charge in [0, 0.05) is 31.2 Å². The predicted molar refractivity (Wildman–Crippen MR) is 141 cm³/mol. The minimum Gasteiger partial charge on any atom is -0.352 e. The van der Waals surface area contributed by atoms with E-state index in [1.165, 1.54) is 19.0 Å². The van der Waals surface area contributed by atoms with Crippen molar-refractivity contribution < 1.29 is 18.0 Å². The van der Waals surface area contributed by atoms with Crippen LogP contribution in [-0.2, 0) is 26.3 Å². The van der Waals surface area contributed by atoms with E-state index in [1.54, 1.807) is 37.3 Å². The van der Waals surface area contributed by atoms with Gasteiger partial charge in [0.1, 0.15) is 12.6 Å². The van der Waals surface area contributed by atoms with Gasteiger partial charge in [0.15, 0.2) is 0 Å². The van der Waals surface area contributed by atoms with Gasteiger partial charge in [0.2, 0.25) is 11.8 Å². The van der Waals surface area contributed by atoms with Crippen molar-refractivity contribution in [1.29, 1.82) is 0 Å². The molecule has 190 valence electrons. The average Bonchev–Trinajstić information content (AvgIpc) is 3.35. The molecule has 1 fully saturated rings. The van der Waals surface area contributed by atoms with Crippen LogP contribution in [0.2, 0.25) is 0 Å². The Balaban J connectivity index is 1.89. The Bertz CT molecular complexity index is 1100. The Labute approximate surface area is 216 Å². The maximum absolute atomic E-state index is 13.7. The summed E-state index contributed by atoms with van der Waals surface area (Å²) in [5.41, 5.74) is 1.21. The predicted octanol–water partition coefficient (Wildman–Crippen LogP) is 3.54. The molecule has 2 aromatic rings. The summed E-state index contributed by atoms with van der Waals surface area (Å²) in [5, 5.41) is 3.06. The fraction of sp³-hybridized carbons (Fsp3) is 0.440. The Morgan fingerprint density at radius 1 is 1.03 bits per heavy atom. The number of hydrogen-bond acceptors (Lipinski definition) is 4. The molecule has 1 saturated carbocycles. The highest BCUT2D eigenvalue weighted by atomic mass is 79.9. The second-order valence-corrected chi connectivity index (χ2v) is 11.9. The number of hydrogen-bond donors (Lipinski definition) is 1. The number of amides is 2. The third-order valence-electron chi connectivity index (χ3n) is 6.20. The lowest BCUT2D eigenvalue weighted by atomic mass is 10.1. The number of nitrogens with one attached hydrogen (secondary N) is 1. The van der Waals surface area contributed by atoms with Crippen LogP contribution < -0.4 is 9.62 Å². The van der Waals surface area contributed by atoms with Gasteiger partial charge in [0.25, 0.3) is 0 Å². The molecular formula is C25H33BrN4O4S. The first kappa shape index (κ1) is 27.2. The second-order valence-electron chi connectivity index (χ2n) is 8.95. The van der Waals surface area contributed by atoms with Gasteiger partial charge in [-0.1, -0.05) is 59.1 Å². The van der Waals surface area contributed by atoms with Gasteiger partial charge in [-0.3, -0.25) is 9.59 Å². The summed E-state index contributed by atoms with van der Waals surface area (Å²) in [6, 6.07) is 15.3. The van der Waals surface area contributed by atoms with Crippen molar-refractivity contribution in [2.75, 3.05) is 24.9 Å². The lowest BCUT2D eigenvalue weighted by Gasteiger charge is -2.33. The summed E-state index contributed by atoms with van der Waals surface area (Å²) < 4.78 is 29.3. The molecule has 0 unspecified atom stereocenters. The molecule has 0 saturated heterocycles. The van der Waals surface area contributed by atoms with Gasteiger partial charge in [-0.15, -0.1) is 0 Å². The minimum atomic E-state index is -3.95. The third kappa shape index (κ3) is 7.05. The first-order valence-electron chi connectivity index (χ1n) is 11.7. The van der Waals surface area contributed by atoms with Crippen molar-refractivity contribution >= 4 is 43.6 Å². The van der Waals surface area contributed by atoms with Gasteiger partial charge < -0.3 is 10.2 Å². The zero-order valence-electron chi connectivity index (χ0n) is 20.4. The first-order chi connectivity index (χ1) is 16.6. The van der Waals surface area contributed by atoms with Gasteiger partial charge in [-0.2, -0.15) is 12.7 Å². The molecule has 3 rings (SSSR count). The summed E-state index contributed by atoms with van der Waals surface area (Å²) in [7, 11) is -1.10. The highest BCUT2D eigenvalue weighted by Gasteiger charge is 2.33. The summed E-state index contributed by atoms with van der Waals surface area (Å²) in [4.78, 5) is 28.2.